The van der Waals surface area contributed by atoms with Gasteiger partial charge in [-0.3, -0.25) is 9.78 Å². The van der Waals surface area contributed by atoms with E-state index in [1.807, 2.05) is 30.3 Å². The Bertz CT molecular complexity index is 854. The molecule has 0 spiro atoms. The zero-order chi connectivity index (χ0) is 15.4. The molecule has 0 aliphatic carbocycles. The predicted octanol–water partition coefficient (Wildman–Crippen LogP) is 2.70. The number of carbonyl (C=O) groups excluding carboxylic acids is 1. The molecule has 0 saturated heterocycles. The standard InChI is InChI=1S/C17H13N3O2/c21-16-8-4-2-6-14(16)17(22)20-19-11-12-9-10-18-15-7-3-1-5-13(12)15/h1-11,21H,(H,20,22)/b19-11+. The van der Waals surface area contributed by atoms with Crippen molar-refractivity contribution in [1.82, 2.24) is 10.4 Å². The molecule has 5 nitrogen and oxygen atoms in total. The van der Waals surface area contributed by atoms with Crippen LogP contribution in [0, 0.1) is 0 Å². The second kappa shape index (κ2) is 6.05. The number of benzene rings is 2. The van der Waals surface area contributed by atoms with Gasteiger partial charge in [-0.05, 0) is 24.3 Å². The molecule has 1 heterocycles. The molecule has 0 atom stereocenters. The van der Waals surface area contributed by atoms with Crippen molar-refractivity contribution in [2.45, 2.75) is 0 Å². The highest BCUT2D eigenvalue weighted by atomic mass is 16.3. The molecule has 0 radical (unpaired) electrons. The third-order valence-corrected chi connectivity index (χ3v) is 3.20. The van der Waals surface area contributed by atoms with Gasteiger partial charge >= 0.3 is 0 Å². The Morgan fingerprint density at radius 1 is 1.09 bits per heavy atom. The lowest BCUT2D eigenvalue weighted by atomic mass is 10.1. The van der Waals surface area contributed by atoms with Gasteiger partial charge in [0.2, 0.25) is 0 Å². The largest absolute Gasteiger partial charge is 0.507 e. The number of nitrogens with one attached hydrogen (secondary N) is 1. The van der Waals surface area contributed by atoms with E-state index < -0.39 is 5.91 Å². The summed E-state index contributed by atoms with van der Waals surface area (Å²) in [4.78, 5) is 16.2. The first-order valence-corrected chi connectivity index (χ1v) is 6.71. The van der Waals surface area contributed by atoms with Gasteiger partial charge in [0.25, 0.3) is 5.91 Å². The minimum absolute atomic E-state index is 0.0791. The van der Waals surface area contributed by atoms with Crippen molar-refractivity contribution in [3.05, 3.63) is 71.9 Å². The summed E-state index contributed by atoms with van der Waals surface area (Å²) in [6.07, 6.45) is 3.25. The highest BCUT2D eigenvalue weighted by molar-refractivity contribution is 6.00. The number of fused-ring (bicyclic) bond motifs is 1. The zero-order valence-electron chi connectivity index (χ0n) is 11.6. The van der Waals surface area contributed by atoms with Crippen LogP contribution in [0.15, 0.2) is 65.9 Å². The molecule has 3 aromatic rings. The van der Waals surface area contributed by atoms with E-state index in [-0.39, 0.29) is 11.3 Å². The SMILES string of the molecule is O=C(N/N=C/c1ccnc2ccccc12)c1ccccc1O. The number of aromatic nitrogens is 1. The smallest absolute Gasteiger partial charge is 0.275 e. The molecule has 2 N–H and O–H groups in total. The molecule has 3 rings (SSSR count). The maximum atomic E-state index is 11.9. The van der Waals surface area contributed by atoms with E-state index in [1.54, 1.807) is 24.5 Å². The number of carbonyl (C=O) groups is 1. The van der Waals surface area contributed by atoms with E-state index in [9.17, 15) is 9.90 Å². The first-order valence-electron chi connectivity index (χ1n) is 6.71. The summed E-state index contributed by atoms with van der Waals surface area (Å²) in [5, 5.41) is 14.5. The van der Waals surface area contributed by atoms with Crippen molar-refractivity contribution in [1.29, 1.82) is 0 Å². The molecule has 1 aromatic heterocycles. The first-order chi connectivity index (χ1) is 10.8. The van der Waals surface area contributed by atoms with Gasteiger partial charge in [-0.2, -0.15) is 5.10 Å². The van der Waals surface area contributed by atoms with Crippen LogP contribution in [0.4, 0.5) is 0 Å². The van der Waals surface area contributed by atoms with Crippen molar-refractivity contribution >= 4 is 23.0 Å². The summed E-state index contributed by atoms with van der Waals surface area (Å²) in [5.41, 5.74) is 4.29. The average Bonchev–Trinajstić information content (AvgIpc) is 2.55. The number of para-hydroxylation sites is 2. The van der Waals surface area contributed by atoms with E-state index >= 15 is 0 Å². The third-order valence-electron chi connectivity index (χ3n) is 3.20. The fourth-order valence-electron chi connectivity index (χ4n) is 2.12. The van der Waals surface area contributed by atoms with Crippen LogP contribution in [0.5, 0.6) is 5.75 Å². The number of phenols is 1. The molecule has 22 heavy (non-hydrogen) atoms. The maximum Gasteiger partial charge on any atom is 0.275 e. The van der Waals surface area contributed by atoms with Gasteiger partial charge in [0.1, 0.15) is 5.75 Å². The summed E-state index contributed by atoms with van der Waals surface area (Å²) >= 11 is 0. The number of pyridine rings is 1. The molecular formula is C17H13N3O2. The van der Waals surface area contributed by atoms with Gasteiger partial charge in [-0.1, -0.05) is 30.3 Å². The maximum absolute atomic E-state index is 11.9. The fraction of sp³-hybridized carbons (Fsp3) is 0. The van der Waals surface area contributed by atoms with Crippen molar-refractivity contribution < 1.29 is 9.90 Å². The molecule has 5 heteroatoms. The van der Waals surface area contributed by atoms with Crippen molar-refractivity contribution in [3.63, 3.8) is 0 Å². The molecule has 0 fully saturated rings. The van der Waals surface area contributed by atoms with E-state index in [2.05, 4.69) is 15.5 Å². The Balaban J connectivity index is 1.80. The molecule has 0 saturated carbocycles. The van der Waals surface area contributed by atoms with Crippen LogP contribution in [-0.2, 0) is 0 Å². The Labute approximate surface area is 126 Å². The Hall–Kier alpha value is -3.21. The van der Waals surface area contributed by atoms with Gasteiger partial charge in [0.05, 0.1) is 17.3 Å². The third kappa shape index (κ3) is 2.78. The van der Waals surface area contributed by atoms with E-state index in [0.717, 1.165) is 16.5 Å². The van der Waals surface area contributed by atoms with Crippen LogP contribution >= 0.6 is 0 Å². The predicted molar refractivity (Wildman–Crippen MR) is 84.9 cm³/mol. The van der Waals surface area contributed by atoms with Gasteiger partial charge in [0, 0.05) is 17.1 Å². The molecule has 2 aromatic carbocycles. The number of nitrogens with zero attached hydrogens (tertiary/aromatic N) is 2. The van der Waals surface area contributed by atoms with Crippen molar-refractivity contribution in [2.75, 3.05) is 0 Å². The quantitative estimate of drug-likeness (QED) is 0.575. The highest BCUT2D eigenvalue weighted by Gasteiger charge is 2.08. The molecule has 0 unspecified atom stereocenters. The van der Waals surface area contributed by atoms with Crippen LogP contribution in [0.2, 0.25) is 0 Å². The molecule has 0 bridgehead atoms. The average molecular weight is 291 g/mol. The van der Waals surface area contributed by atoms with Gasteiger partial charge in [-0.15, -0.1) is 0 Å². The molecule has 108 valence electrons. The van der Waals surface area contributed by atoms with E-state index in [4.69, 9.17) is 0 Å². The second-order valence-corrected chi connectivity index (χ2v) is 4.63. The number of aromatic hydroxyl groups is 1. The van der Waals surface area contributed by atoms with Crippen molar-refractivity contribution in [2.24, 2.45) is 5.10 Å². The number of hydrogen-bond donors (Lipinski definition) is 2. The minimum atomic E-state index is -0.465. The number of hydrazone groups is 1. The molecule has 1 amide bonds. The number of amides is 1. The number of rotatable bonds is 3. The van der Waals surface area contributed by atoms with E-state index in [1.165, 1.54) is 12.1 Å². The lowest BCUT2D eigenvalue weighted by Crippen LogP contribution is -2.17. The Kier molecular flexibility index (Phi) is 3.78. The lowest BCUT2D eigenvalue weighted by Gasteiger charge is -2.03. The highest BCUT2D eigenvalue weighted by Crippen LogP contribution is 2.16. The van der Waals surface area contributed by atoms with E-state index in [0.29, 0.717) is 0 Å². The van der Waals surface area contributed by atoms with Crippen molar-refractivity contribution in [3.8, 4) is 5.75 Å². The Morgan fingerprint density at radius 2 is 1.86 bits per heavy atom. The minimum Gasteiger partial charge on any atom is -0.507 e. The van der Waals surface area contributed by atoms with Crippen LogP contribution in [0.25, 0.3) is 10.9 Å². The summed E-state index contributed by atoms with van der Waals surface area (Å²) < 4.78 is 0. The number of hydrogen-bond acceptors (Lipinski definition) is 4. The van der Waals surface area contributed by atoms with Crippen LogP contribution in [-0.4, -0.2) is 22.2 Å². The first kappa shape index (κ1) is 13.8. The van der Waals surface area contributed by atoms with Crippen LogP contribution in [0.1, 0.15) is 15.9 Å². The summed E-state index contributed by atoms with van der Waals surface area (Å²) in [7, 11) is 0. The summed E-state index contributed by atoms with van der Waals surface area (Å²) in [5.74, 6) is -0.544. The van der Waals surface area contributed by atoms with Gasteiger partial charge < -0.3 is 5.11 Å². The van der Waals surface area contributed by atoms with Crippen LogP contribution in [0.3, 0.4) is 0 Å². The normalized spacial score (nSPS) is 10.9. The fourth-order valence-corrected chi connectivity index (χ4v) is 2.12. The summed E-state index contributed by atoms with van der Waals surface area (Å²) in [6.45, 7) is 0. The topological polar surface area (TPSA) is 74.6 Å². The van der Waals surface area contributed by atoms with Gasteiger partial charge in [0.15, 0.2) is 0 Å². The molecular weight excluding hydrogens is 278 g/mol. The monoisotopic (exact) mass is 291 g/mol. The van der Waals surface area contributed by atoms with Gasteiger partial charge in [-0.25, -0.2) is 5.43 Å². The second-order valence-electron chi connectivity index (χ2n) is 4.63. The molecule has 0 aliphatic heterocycles. The zero-order valence-corrected chi connectivity index (χ0v) is 11.6. The van der Waals surface area contributed by atoms with Crippen LogP contribution < -0.4 is 5.43 Å². The number of phenolic OH excluding ortho intramolecular Hbond substituents is 1. The Morgan fingerprint density at radius 3 is 2.73 bits per heavy atom. The summed E-state index contributed by atoms with van der Waals surface area (Å²) in [6, 6.07) is 15.8. The lowest BCUT2D eigenvalue weighted by molar-refractivity contribution is 0.0952. The molecule has 0 aliphatic rings.